The number of nitrogens with one attached hydrogen (secondary N) is 2. The predicted molar refractivity (Wildman–Crippen MR) is 106 cm³/mol. The van der Waals surface area contributed by atoms with E-state index < -0.39 is 46.2 Å². The summed E-state index contributed by atoms with van der Waals surface area (Å²) in [4.78, 5) is 46.1. The van der Waals surface area contributed by atoms with Crippen molar-refractivity contribution in [1.29, 1.82) is 0 Å². The van der Waals surface area contributed by atoms with Crippen molar-refractivity contribution < 1.29 is 23.7 Å². The van der Waals surface area contributed by atoms with Crippen LogP contribution in [0.2, 0.25) is 0 Å². The van der Waals surface area contributed by atoms with E-state index in [1.54, 1.807) is 24.3 Å². The molecule has 0 unspecified atom stereocenters. The summed E-state index contributed by atoms with van der Waals surface area (Å²) >= 11 is 0. The van der Waals surface area contributed by atoms with Gasteiger partial charge in [-0.15, -0.1) is 0 Å². The van der Waals surface area contributed by atoms with Crippen molar-refractivity contribution in [2.75, 3.05) is 0 Å². The van der Waals surface area contributed by atoms with Gasteiger partial charge in [-0.25, -0.2) is 0 Å². The van der Waals surface area contributed by atoms with Gasteiger partial charge in [0.15, 0.2) is 0 Å². The number of amides is 3. The average molecular weight is 416 g/mol. The van der Waals surface area contributed by atoms with E-state index in [0.29, 0.717) is 0 Å². The molecule has 3 amide bonds. The van der Waals surface area contributed by atoms with Crippen LogP contribution in [-0.2, 0) is 27.2 Å². The number of nitro benzene ring substituents is 1. The van der Waals surface area contributed by atoms with Crippen molar-refractivity contribution in [3.05, 3.63) is 75.6 Å². The summed E-state index contributed by atoms with van der Waals surface area (Å²) < 4.78 is 13.5. The highest BCUT2D eigenvalue weighted by atomic mass is 19.1. The quantitative estimate of drug-likeness (QED) is 0.412. The molecule has 2 aromatic carbocycles. The number of carbonyl (C=O) groups excluding carboxylic acids is 3. The normalized spacial score (nSPS) is 12.5. The van der Waals surface area contributed by atoms with Gasteiger partial charge in [0.25, 0.3) is 0 Å². The maximum absolute atomic E-state index is 13.5. The molecule has 0 spiro atoms. The molecule has 2 aromatic rings. The zero-order valence-electron chi connectivity index (χ0n) is 16.1. The summed E-state index contributed by atoms with van der Waals surface area (Å²) in [5.74, 6) is -2.97. The Balaban J connectivity index is 2.17. The second-order valence-electron chi connectivity index (χ2n) is 6.65. The van der Waals surface area contributed by atoms with Crippen LogP contribution in [0.15, 0.2) is 48.5 Å². The molecule has 0 saturated carbocycles. The third-order valence-electron chi connectivity index (χ3n) is 4.28. The first-order chi connectivity index (χ1) is 14.2. The molecule has 0 radical (unpaired) electrons. The van der Waals surface area contributed by atoms with E-state index in [4.69, 9.17) is 5.73 Å². The minimum Gasteiger partial charge on any atom is -0.368 e. The van der Waals surface area contributed by atoms with Gasteiger partial charge in [-0.2, -0.15) is 4.39 Å². The number of nitro groups is 1. The molecular formula is C20H21FN4O5. The van der Waals surface area contributed by atoms with Crippen LogP contribution in [0.3, 0.4) is 0 Å². The molecule has 0 heterocycles. The van der Waals surface area contributed by atoms with Gasteiger partial charge in [0.1, 0.15) is 12.1 Å². The van der Waals surface area contributed by atoms with Crippen LogP contribution in [0.5, 0.6) is 0 Å². The molecule has 0 fully saturated rings. The summed E-state index contributed by atoms with van der Waals surface area (Å²) in [6.07, 6.45) is 0.0000764. The molecule has 0 aliphatic rings. The Labute approximate surface area is 171 Å². The molecule has 0 aliphatic carbocycles. The smallest absolute Gasteiger partial charge is 0.305 e. The van der Waals surface area contributed by atoms with E-state index in [1.165, 1.54) is 13.0 Å². The van der Waals surface area contributed by atoms with Crippen LogP contribution in [0, 0.1) is 15.9 Å². The molecule has 10 heteroatoms. The van der Waals surface area contributed by atoms with Gasteiger partial charge in [-0.3, -0.25) is 24.5 Å². The first-order valence-corrected chi connectivity index (χ1v) is 9.01. The van der Waals surface area contributed by atoms with E-state index in [-0.39, 0.29) is 18.4 Å². The zero-order chi connectivity index (χ0) is 22.3. The monoisotopic (exact) mass is 416 g/mol. The first kappa shape index (κ1) is 22.5. The number of rotatable bonds is 9. The lowest BCUT2D eigenvalue weighted by atomic mass is 10.0. The largest absolute Gasteiger partial charge is 0.368 e. The number of hydrogen-bond donors (Lipinski definition) is 3. The molecule has 30 heavy (non-hydrogen) atoms. The van der Waals surface area contributed by atoms with Gasteiger partial charge in [-0.1, -0.05) is 36.4 Å². The molecule has 0 saturated heterocycles. The van der Waals surface area contributed by atoms with Gasteiger partial charge in [0, 0.05) is 25.8 Å². The van der Waals surface area contributed by atoms with E-state index in [9.17, 15) is 28.9 Å². The third kappa shape index (κ3) is 6.36. The van der Waals surface area contributed by atoms with Gasteiger partial charge in [-0.05, 0) is 17.2 Å². The minimum atomic E-state index is -1.21. The average Bonchev–Trinajstić information content (AvgIpc) is 2.68. The third-order valence-corrected chi connectivity index (χ3v) is 4.28. The number of hydrogen-bond acceptors (Lipinski definition) is 5. The van der Waals surface area contributed by atoms with E-state index in [0.717, 1.165) is 17.7 Å². The number of nitrogens with two attached hydrogens (primary N) is 1. The van der Waals surface area contributed by atoms with Gasteiger partial charge >= 0.3 is 5.69 Å². The van der Waals surface area contributed by atoms with Crippen LogP contribution in [0.1, 0.15) is 18.1 Å². The molecular weight excluding hydrogens is 395 g/mol. The van der Waals surface area contributed by atoms with E-state index >= 15 is 0 Å². The topological polar surface area (TPSA) is 144 Å². The summed E-state index contributed by atoms with van der Waals surface area (Å²) in [6, 6.07) is 9.91. The first-order valence-electron chi connectivity index (χ1n) is 9.01. The van der Waals surface area contributed by atoms with Gasteiger partial charge in [0.05, 0.1) is 4.92 Å². The molecule has 2 rings (SSSR count). The van der Waals surface area contributed by atoms with Crippen molar-refractivity contribution >= 4 is 23.4 Å². The Bertz CT molecular complexity index is 951. The number of primary amides is 1. The van der Waals surface area contributed by atoms with Gasteiger partial charge in [0.2, 0.25) is 23.5 Å². The molecule has 0 bridgehead atoms. The highest BCUT2D eigenvalue weighted by Gasteiger charge is 2.26. The summed E-state index contributed by atoms with van der Waals surface area (Å²) in [5.41, 5.74) is 5.65. The summed E-state index contributed by atoms with van der Waals surface area (Å²) in [7, 11) is 0. The highest BCUT2D eigenvalue weighted by molar-refractivity contribution is 5.91. The Morgan fingerprint density at radius 3 is 2.23 bits per heavy atom. The number of carbonyl (C=O) groups is 3. The second-order valence-corrected chi connectivity index (χ2v) is 6.65. The van der Waals surface area contributed by atoms with Gasteiger partial charge < -0.3 is 16.4 Å². The second kappa shape index (κ2) is 10.1. The van der Waals surface area contributed by atoms with Crippen LogP contribution in [0.25, 0.3) is 0 Å². The van der Waals surface area contributed by atoms with Crippen LogP contribution < -0.4 is 16.4 Å². The number of benzene rings is 2. The Morgan fingerprint density at radius 2 is 1.67 bits per heavy atom. The fraction of sp³-hybridized carbons (Fsp3) is 0.250. The molecule has 9 nitrogen and oxygen atoms in total. The fourth-order valence-corrected chi connectivity index (χ4v) is 2.86. The summed E-state index contributed by atoms with van der Waals surface area (Å²) in [5, 5.41) is 15.9. The number of halogens is 1. The van der Waals surface area contributed by atoms with Crippen molar-refractivity contribution in [2.24, 2.45) is 5.73 Å². The van der Waals surface area contributed by atoms with E-state index in [1.807, 2.05) is 6.07 Å². The maximum atomic E-state index is 13.5. The SMILES string of the molecule is CC(=O)N[C@H](Cc1ccccc1)C(=O)N[C@H](Cc1ccc(F)c([N+](=O)[O-])c1)C(N)=O. The van der Waals surface area contributed by atoms with Crippen molar-refractivity contribution in [1.82, 2.24) is 10.6 Å². The Kier molecular flexibility index (Phi) is 7.56. The Hall–Kier alpha value is -3.82. The zero-order valence-corrected chi connectivity index (χ0v) is 16.1. The molecule has 2 atom stereocenters. The fourth-order valence-electron chi connectivity index (χ4n) is 2.86. The minimum absolute atomic E-state index is 0.180. The maximum Gasteiger partial charge on any atom is 0.305 e. The van der Waals surface area contributed by atoms with Crippen LogP contribution in [0.4, 0.5) is 10.1 Å². The van der Waals surface area contributed by atoms with Crippen LogP contribution in [-0.4, -0.2) is 34.7 Å². The standard InChI is InChI=1S/C20H21FN4O5/c1-12(26)23-17(9-13-5-3-2-4-6-13)20(28)24-16(19(22)27)10-14-7-8-15(21)18(11-14)25(29)30/h2-8,11,16-17H,9-10H2,1H3,(H2,22,27)(H,23,26)(H,24,28)/t16-,17-/m1/s1. The lowest BCUT2D eigenvalue weighted by Gasteiger charge is -2.21. The highest BCUT2D eigenvalue weighted by Crippen LogP contribution is 2.19. The number of nitrogens with zero attached hydrogens (tertiary/aromatic N) is 1. The lowest BCUT2D eigenvalue weighted by Crippen LogP contribution is -2.54. The van der Waals surface area contributed by atoms with E-state index in [2.05, 4.69) is 10.6 Å². The van der Waals surface area contributed by atoms with Crippen LogP contribution >= 0.6 is 0 Å². The molecule has 0 aliphatic heterocycles. The lowest BCUT2D eigenvalue weighted by molar-refractivity contribution is -0.387. The summed E-state index contributed by atoms with van der Waals surface area (Å²) in [6.45, 7) is 1.26. The van der Waals surface area contributed by atoms with Crippen molar-refractivity contribution in [3.63, 3.8) is 0 Å². The van der Waals surface area contributed by atoms with Crippen molar-refractivity contribution in [2.45, 2.75) is 31.8 Å². The molecule has 0 aromatic heterocycles. The molecule has 4 N–H and O–H groups in total. The predicted octanol–water partition coefficient (Wildman–Crippen LogP) is 0.994. The Morgan fingerprint density at radius 1 is 1.03 bits per heavy atom. The molecule has 158 valence electrons. The van der Waals surface area contributed by atoms with Crippen molar-refractivity contribution in [3.8, 4) is 0 Å².